The number of halogens is 1. The number of ether oxygens (including phenoxy) is 1. The van der Waals surface area contributed by atoms with Crippen LogP contribution in [0.1, 0.15) is 11.3 Å². The summed E-state index contributed by atoms with van der Waals surface area (Å²) in [7, 11) is 0. The van der Waals surface area contributed by atoms with Gasteiger partial charge in [-0.05, 0) is 24.3 Å². The van der Waals surface area contributed by atoms with Crippen LogP contribution in [0.2, 0.25) is 5.02 Å². The van der Waals surface area contributed by atoms with Crippen molar-refractivity contribution in [2.24, 2.45) is 0 Å². The number of carbonyl (C=O) groups is 1. The number of aromatic amines is 1. The van der Waals surface area contributed by atoms with E-state index in [0.29, 0.717) is 23.9 Å². The van der Waals surface area contributed by atoms with E-state index < -0.39 is 0 Å². The van der Waals surface area contributed by atoms with Gasteiger partial charge in [0.15, 0.2) is 6.61 Å². The fourth-order valence-electron chi connectivity index (χ4n) is 3.14. The largest absolute Gasteiger partial charge is 0.484 e. The Morgan fingerprint density at radius 3 is 2.85 bits per heavy atom. The molecule has 0 fully saturated rings. The van der Waals surface area contributed by atoms with E-state index in [2.05, 4.69) is 10.2 Å². The first kappa shape index (κ1) is 16.7. The summed E-state index contributed by atoms with van der Waals surface area (Å²) in [5.41, 5.74) is 3.92. The van der Waals surface area contributed by atoms with Crippen LogP contribution in [0.3, 0.4) is 0 Å². The number of H-pyrrole nitrogens is 1. The molecule has 0 bridgehead atoms. The Morgan fingerprint density at radius 1 is 1.19 bits per heavy atom. The normalized spacial score (nSPS) is 13.3. The highest BCUT2D eigenvalue weighted by atomic mass is 35.5. The molecule has 4 rings (SSSR count). The summed E-state index contributed by atoms with van der Waals surface area (Å²) in [5, 5.41) is 8.21. The zero-order valence-electron chi connectivity index (χ0n) is 14.1. The molecule has 1 aromatic heterocycles. The number of carbonyl (C=O) groups excluding carboxylic acids is 1. The molecule has 5 nitrogen and oxygen atoms in total. The molecule has 0 unspecified atom stereocenters. The number of aromatic nitrogens is 2. The Balaban J connectivity index is 1.49. The van der Waals surface area contributed by atoms with Crippen LogP contribution in [0.5, 0.6) is 5.75 Å². The molecular formula is C20H18ClN3O2. The van der Waals surface area contributed by atoms with E-state index in [9.17, 15) is 4.79 Å². The van der Waals surface area contributed by atoms with Gasteiger partial charge in [-0.3, -0.25) is 9.89 Å². The molecule has 132 valence electrons. The third-order valence-electron chi connectivity index (χ3n) is 4.49. The van der Waals surface area contributed by atoms with Crippen molar-refractivity contribution in [3.8, 4) is 17.0 Å². The van der Waals surface area contributed by atoms with Gasteiger partial charge in [-0.1, -0.05) is 41.9 Å². The minimum Gasteiger partial charge on any atom is -0.484 e. The first-order chi connectivity index (χ1) is 12.7. The summed E-state index contributed by atoms with van der Waals surface area (Å²) in [5.74, 6) is 0.666. The van der Waals surface area contributed by atoms with E-state index in [1.807, 2.05) is 59.5 Å². The Hall–Kier alpha value is -2.79. The lowest BCUT2D eigenvalue weighted by atomic mass is 10.0. The van der Waals surface area contributed by atoms with Crippen LogP contribution in [0.15, 0.2) is 54.6 Å². The molecule has 0 spiro atoms. The van der Waals surface area contributed by atoms with Crippen LogP contribution in [-0.4, -0.2) is 34.2 Å². The molecule has 1 amide bonds. The zero-order chi connectivity index (χ0) is 17.9. The number of benzene rings is 2. The Bertz CT molecular complexity index is 924. The van der Waals surface area contributed by atoms with Gasteiger partial charge in [0.05, 0.1) is 5.69 Å². The highest BCUT2D eigenvalue weighted by Crippen LogP contribution is 2.29. The predicted molar refractivity (Wildman–Crippen MR) is 100 cm³/mol. The van der Waals surface area contributed by atoms with E-state index in [0.717, 1.165) is 28.9 Å². The lowest BCUT2D eigenvalue weighted by molar-refractivity contribution is -0.134. The third kappa shape index (κ3) is 3.44. The number of hydrogen-bond acceptors (Lipinski definition) is 3. The van der Waals surface area contributed by atoms with Crippen LogP contribution in [-0.2, 0) is 17.8 Å². The molecule has 0 saturated carbocycles. The topological polar surface area (TPSA) is 58.2 Å². The lowest BCUT2D eigenvalue weighted by Gasteiger charge is -2.27. The van der Waals surface area contributed by atoms with Crippen LogP contribution in [0.4, 0.5) is 0 Å². The van der Waals surface area contributed by atoms with Gasteiger partial charge in [-0.2, -0.15) is 5.10 Å². The highest BCUT2D eigenvalue weighted by molar-refractivity contribution is 6.30. The van der Waals surface area contributed by atoms with E-state index in [-0.39, 0.29) is 12.5 Å². The summed E-state index contributed by atoms with van der Waals surface area (Å²) in [4.78, 5) is 14.4. The molecule has 26 heavy (non-hydrogen) atoms. The minimum atomic E-state index is -0.0299. The van der Waals surface area contributed by atoms with Crippen molar-refractivity contribution in [3.63, 3.8) is 0 Å². The fourth-order valence-corrected chi connectivity index (χ4v) is 3.33. The summed E-state index contributed by atoms with van der Waals surface area (Å²) in [6.45, 7) is 1.20. The number of nitrogens with zero attached hydrogens (tertiary/aromatic N) is 2. The summed E-state index contributed by atoms with van der Waals surface area (Å²) < 4.78 is 5.59. The molecular weight excluding hydrogens is 350 g/mol. The predicted octanol–water partition coefficient (Wildman–Crippen LogP) is 3.69. The van der Waals surface area contributed by atoms with Gasteiger partial charge in [0.1, 0.15) is 5.75 Å². The van der Waals surface area contributed by atoms with E-state index >= 15 is 0 Å². The van der Waals surface area contributed by atoms with Gasteiger partial charge in [-0.15, -0.1) is 0 Å². The Labute approximate surface area is 156 Å². The molecule has 1 aliphatic heterocycles. The van der Waals surface area contributed by atoms with Gasteiger partial charge < -0.3 is 9.64 Å². The summed E-state index contributed by atoms with van der Waals surface area (Å²) >= 11 is 6.10. The van der Waals surface area contributed by atoms with Crippen molar-refractivity contribution in [2.75, 3.05) is 13.2 Å². The van der Waals surface area contributed by atoms with Crippen LogP contribution >= 0.6 is 11.6 Å². The Kier molecular flexibility index (Phi) is 4.63. The maximum Gasteiger partial charge on any atom is 0.260 e. The average Bonchev–Trinajstić information content (AvgIpc) is 3.10. The average molecular weight is 368 g/mol. The second-order valence-corrected chi connectivity index (χ2v) is 6.64. The first-order valence-electron chi connectivity index (χ1n) is 8.48. The van der Waals surface area contributed by atoms with Crippen LogP contribution in [0.25, 0.3) is 11.3 Å². The highest BCUT2D eigenvalue weighted by Gasteiger charge is 2.26. The maximum atomic E-state index is 12.6. The van der Waals surface area contributed by atoms with Crippen LogP contribution < -0.4 is 4.74 Å². The maximum absolute atomic E-state index is 12.6. The molecule has 0 aliphatic carbocycles. The van der Waals surface area contributed by atoms with Crippen molar-refractivity contribution >= 4 is 17.5 Å². The number of para-hydroxylation sites is 1. The molecule has 0 atom stereocenters. The lowest BCUT2D eigenvalue weighted by Crippen LogP contribution is -2.38. The second kappa shape index (κ2) is 7.22. The van der Waals surface area contributed by atoms with E-state index in [1.54, 1.807) is 0 Å². The van der Waals surface area contributed by atoms with Gasteiger partial charge in [0.25, 0.3) is 5.91 Å². The molecule has 2 heterocycles. The van der Waals surface area contributed by atoms with Crippen molar-refractivity contribution in [1.82, 2.24) is 15.1 Å². The number of fused-ring (bicyclic) bond motifs is 1. The molecule has 1 aliphatic rings. The third-order valence-corrected chi connectivity index (χ3v) is 4.72. The minimum absolute atomic E-state index is 0.0299. The fraction of sp³-hybridized carbons (Fsp3) is 0.200. The summed E-state index contributed by atoms with van der Waals surface area (Å²) in [6, 6.07) is 17.0. The van der Waals surface area contributed by atoms with Crippen molar-refractivity contribution < 1.29 is 9.53 Å². The van der Waals surface area contributed by atoms with Crippen molar-refractivity contribution in [3.05, 3.63) is 70.9 Å². The van der Waals surface area contributed by atoms with Crippen LogP contribution in [0, 0.1) is 0 Å². The first-order valence-corrected chi connectivity index (χ1v) is 8.86. The summed E-state index contributed by atoms with van der Waals surface area (Å²) in [6.07, 6.45) is 0.750. The second-order valence-electron chi connectivity index (χ2n) is 6.21. The van der Waals surface area contributed by atoms with Gasteiger partial charge in [0.2, 0.25) is 0 Å². The smallest absolute Gasteiger partial charge is 0.260 e. The Morgan fingerprint density at radius 2 is 2.04 bits per heavy atom. The number of rotatable bonds is 4. The van der Waals surface area contributed by atoms with Crippen molar-refractivity contribution in [1.29, 1.82) is 0 Å². The number of nitrogens with one attached hydrogen (secondary N) is 1. The van der Waals surface area contributed by atoms with Crippen molar-refractivity contribution in [2.45, 2.75) is 13.0 Å². The van der Waals surface area contributed by atoms with Gasteiger partial charge in [-0.25, -0.2) is 0 Å². The standard InChI is InChI=1S/C20H18ClN3O2/c21-15-6-4-5-14(11-15)20-17-12-24(10-9-18(17)22-23-20)19(25)13-26-16-7-2-1-3-8-16/h1-8,11H,9-10,12-13H2,(H,22,23). The molecule has 1 N–H and O–H groups in total. The molecule has 0 saturated heterocycles. The molecule has 3 aromatic rings. The van der Waals surface area contributed by atoms with E-state index in [1.165, 1.54) is 0 Å². The zero-order valence-corrected chi connectivity index (χ0v) is 14.9. The van der Waals surface area contributed by atoms with Gasteiger partial charge in [0, 0.05) is 41.4 Å². The number of amides is 1. The molecule has 2 aromatic carbocycles. The molecule has 0 radical (unpaired) electrons. The quantitative estimate of drug-likeness (QED) is 0.765. The SMILES string of the molecule is O=C(COc1ccccc1)N1CCc2[nH]nc(-c3cccc(Cl)c3)c2C1. The monoisotopic (exact) mass is 367 g/mol. The number of hydrogen-bond donors (Lipinski definition) is 1. The molecule has 6 heteroatoms. The van der Waals surface area contributed by atoms with E-state index in [4.69, 9.17) is 16.3 Å². The van der Waals surface area contributed by atoms with Gasteiger partial charge >= 0.3 is 0 Å².